The zero-order valence-electron chi connectivity index (χ0n) is 6.02. The molecule has 9 heavy (non-hydrogen) atoms. The van der Waals surface area contributed by atoms with Gasteiger partial charge in [-0.2, -0.15) is 0 Å². The van der Waals surface area contributed by atoms with E-state index in [2.05, 4.69) is 5.32 Å². The largest absolute Gasteiger partial charge is 0.380 e. The van der Waals surface area contributed by atoms with Gasteiger partial charge in [0.1, 0.15) is 0 Å². The maximum Gasteiger partial charge on any atom is 0.0590 e. The van der Waals surface area contributed by atoms with Crippen molar-refractivity contribution in [2.75, 3.05) is 32.8 Å². The molecule has 0 amide bonds. The van der Waals surface area contributed by atoms with E-state index in [4.69, 9.17) is 10.5 Å². The molecule has 0 unspecified atom stereocenters. The zero-order chi connectivity index (χ0) is 6.95. The van der Waals surface area contributed by atoms with Gasteiger partial charge in [0.15, 0.2) is 0 Å². The van der Waals surface area contributed by atoms with Gasteiger partial charge in [0.2, 0.25) is 0 Å². The van der Waals surface area contributed by atoms with Gasteiger partial charge >= 0.3 is 0 Å². The molecule has 0 aromatic carbocycles. The summed E-state index contributed by atoms with van der Waals surface area (Å²) in [6.45, 7) is 6.06. The molecule has 0 aliphatic heterocycles. The van der Waals surface area contributed by atoms with Crippen LogP contribution in [0, 0.1) is 0 Å². The summed E-state index contributed by atoms with van der Waals surface area (Å²) in [5.74, 6) is 0. The molecule has 0 atom stereocenters. The molecule has 0 saturated heterocycles. The summed E-state index contributed by atoms with van der Waals surface area (Å²) in [5.41, 5.74) is 5.24. The standard InChI is InChI=1S/C6H16N2O/c1-2-9-6-5-8-4-3-7/h8H,2-7H2,1H3. The van der Waals surface area contributed by atoms with E-state index in [9.17, 15) is 0 Å². The lowest BCUT2D eigenvalue weighted by atomic mass is 10.6. The quantitative estimate of drug-likeness (QED) is 0.482. The smallest absolute Gasteiger partial charge is 0.0590 e. The fourth-order valence-corrected chi connectivity index (χ4v) is 0.516. The van der Waals surface area contributed by atoms with Gasteiger partial charge in [0.05, 0.1) is 6.61 Å². The first-order valence-electron chi connectivity index (χ1n) is 3.40. The van der Waals surface area contributed by atoms with Crippen molar-refractivity contribution in [3.63, 3.8) is 0 Å². The van der Waals surface area contributed by atoms with Crippen molar-refractivity contribution >= 4 is 0 Å². The van der Waals surface area contributed by atoms with Crippen molar-refractivity contribution in [2.45, 2.75) is 6.92 Å². The number of hydrogen-bond acceptors (Lipinski definition) is 3. The van der Waals surface area contributed by atoms with Gasteiger partial charge in [-0.25, -0.2) is 0 Å². The lowest BCUT2D eigenvalue weighted by molar-refractivity contribution is 0.149. The summed E-state index contributed by atoms with van der Waals surface area (Å²) < 4.78 is 5.08. The average molecular weight is 132 g/mol. The normalized spacial score (nSPS) is 10.0. The first kappa shape index (κ1) is 8.88. The number of nitrogens with one attached hydrogen (secondary N) is 1. The van der Waals surface area contributed by atoms with Crippen molar-refractivity contribution in [1.29, 1.82) is 0 Å². The number of hydrogen-bond donors (Lipinski definition) is 2. The molecule has 3 nitrogen and oxygen atoms in total. The Labute approximate surface area is 56.6 Å². The predicted molar refractivity (Wildman–Crippen MR) is 38.4 cm³/mol. The van der Waals surface area contributed by atoms with E-state index < -0.39 is 0 Å². The molecule has 3 N–H and O–H groups in total. The van der Waals surface area contributed by atoms with E-state index in [-0.39, 0.29) is 0 Å². The fraction of sp³-hybridized carbons (Fsp3) is 1.00. The third-order valence-electron chi connectivity index (χ3n) is 0.948. The highest BCUT2D eigenvalue weighted by Crippen LogP contribution is 1.68. The van der Waals surface area contributed by atoms with Gasteiger partial charge in [-0.15, -0.1) is 0 Å². The van der Waals surface area contributed by atoms with Crippen LogP contribution >= 0.6 is 0 Å². The minimum Gasteiger partial charge on any atom is -0.380 e. The van der Waals surface area contributed by atoms with Gasteiger partial charge in [-0.05, 0) is 6.92 Å². The summed E-state index contributed by atoms with van der Waals surface area (Å²) in [6.07, 6.45) is 0. The molecule has 0 heterocycles. The van der Waals surface area contributed by atoms with Crippen molar-refractivity contribution in [2.24, 2.45) is 5.73 Å². The highest BCUT2D eigenvalue weighted by molar-refractivity contribution is 4.44. The minimum atomic E-state index is 0.701. The van der Waals surface area contributed by atoms with Crippen LogP contribution < -0.4 is 11.1 Å². The molecule has 3 heteroatoms. The third-order valence-corrected chi connectivity index (χ3v) is 0.948. The molecule has 0 spiro atoms. The highest BCUT2D eigenvalue weighted by atomic mass is 16.5. The molecular formula is C6H16N2O. The SMILES string of the molecule is CCOCCNCCN. The van der Waals surface area contributed by atoms with Gasteiger partial charge < -0.3 is 15.8 Å². The van der Waals surface area contributed by atoms with Gasteiger partial charge in [0, 0.05) is 26.2 Å². The molecule has 0 rings (SSSR count). The molecule has 0 radical (unpaired) electrons. The van der Waals surface area contributed by atoms with E-state index in [1.165, 1.54) is 0 Å². The molecular weight excluding hydrogens is 116 g/mol. The van der Waals surface area contributed by atoms with Crippen LogP contribution in [0.5, 0.6) is 0 Å². The Bertz CT molecular complexity index is 44.3. The number of ether oxygens (including phenoxy) is 1. The van der Waals surface area contributed by atoms with Crippen LogP contribution in [0.15, 0.2) is 0 Å². The molecule has 0 saturated carbocycles. The predicted octanol–water partition coefficient (Wildman–Crippen LogP) is -0.429. The molecule has 56 valence electrons. The van der Waals surface area contributed by atoms with Crippen LogP contribution in [-0.4, -0.2) is 32.8 Å². The summed E-state index contributed by atoms with van der Waals surface area (Å²) in [5, 5.41) is 3.12. The second-order valence-electron chi connectivity index (χ2n) is 1.74. The maximum atomic E-state index is 5.24. The van der Waals surface area contributed by atoms with Crippen LogP contribution in [0.1, 0.15) is 6.92 Å². The Morgan fingerprint density at radius 2 is 2.22 bits per heavy atom. The Hall–Kier alpha value is -0.120. The fourth-order valence-electron chi connectivity index (χ4n) is 0.516. The van der Waals surface area contributed by atoms with E-state index in [1.807, 2.05) is 6.92 Å². The van der Waals surface area contributed by atoms with E-state index >= 15 is 0 Å². The van der Waals surface area contributed by atoms with Crippen molar-refractivity contribution in [1.82, 2.24) is 5.32 Å². The molecule has 0 aliphatic carbocycles. The van der Waals surface area contributed by atoms with Crippen molar-refractivity contribution in [3.8, 4) is 0 Å². The van der Waals surface area contributed by atoms with Crippen LogP contribution in [0.4, 0.5) is 0 Å². The number of nitrogens with two attached hydrogens (primary N) is 1. The lowest BCUT2D eigenvalue weighted by Crippen LogP contribution is -2.25. The second kappa shape index (κ2) is 7.88. The van der Waals surface area contributed by atoms with Crippen LogP contribution in [-0.2, 0) is 4.74 Å². The van der Waals surface area contributed by atoms with E-state index in [0.717, 1.165) is 26.3 Å². The Morgan fingerprint density at radius 3 is 2.78 bits per heavy atom. The van der Waals surface area contributed by atoms with Gasteiger partial charge in [-0.3, -0.25) is 0 Å². The molecule has 0 aromatic heterocycles. The van der Waals surface area contributed by atoms with Gasteiger partial charge in [0.25, 0.3) is 0 Å². The highest BCUT2D eigenvalue weighted by Gasteiger charge is 1.82. The Morgan fingerprint density at radius 1 is 1.44 bits per heavy atom. The minimum absolute atomic E-state index is 0.701. The summed E-state index contributed by atoms with van der Waals surface area (Å²) in [6, 6.07) is 0. The summed E-state index contributed by atoms with van der Waals surface area (Å²) >= 11 is 0. The summed E-state index contributed by atoms with van der Waals surface area (Å²) in [7, 11) is 0. The molecule has 0 aliphatic rings. The van der Waals surface area contributed by atoms with Crippen LogP contribution in [0.2, 0.25) is 0 Å². The first-order chi connectivity index (χ1) is 4.41. The topological polar surface area (TPSA) is 47.3 Å². The van der Waals surface area contributed by atoms with E-state index in [1.54, 1.807) is 0 Å². The summed E-state index contributed by atoms with van der Waals surface area (Å²) in [4.78, 5) is 0. The molecule has 0 bridgehead atoms. The van der Waals surface area contributed by atoms with Crippen molar-refractivity contribution in [3.05, 3.63) is 0 Å². The van der Waals surface area contributed by atoms with Crippen LogP contribution in [0.3, 0.4) is 0 Å². The van der Waals surface area contributed by atoms with Gasteiger partial charge in [-0.1, -0.05) is 0 Å². The monoisotopic (exact) mass is 132 g/mol. The van der Waals surface area contributed by atoms with Crippen molar-refractivity contribution < 1.29 is 4.74 Å². The second-order valence-corrected chi connectivity index (χ2v) is 1.74. The average Bonchev–Trinajstić information content (AvgIpc) is 1.89. The Kier molecular flexibility index (Phi) is 7.77. The molecule has 0 fully saturated rings. The maximum absolute atomic E-state index is 5.24. The molecule has 0 aromatic rings. The van der Waals surface area contributed by atoms with E-state index in [0.29, 0.717) is 6.54 Å². The Balaban J connectivity index is 2.60. The number of rotatable bonds is 6. The lowest BCUT2D eigenvalue weighted by Gasteiger charge is -2.01. The zero-order valence-corrected chi connectivity index (χ0v) is 6.02. The third kappa shape index (κ3) is 7.88. The first-order valence-corrected chi connectivity index (χ1v) is 3.40. The van der Waals surface area contributed by atoms with Crippen LogP contribution in [0.25, 0.3) is 0 Å².